The molecular formula is C12H16N2O3. The van der Waals surface area contributed by atoms with E-state index in [-0.39, 0.29) is 13.0 Å². The smallest absolute Gasteiger partial charge is 0.220 e. The van der Waals surface area contributed by atoms with Gasteiger partial charge in [-0.2, -0.15) is 0 Å². The minimum atomic E-state index is -0.408. The maximum absolute atomic E-state index is 10.6. The number of nitrogens with zero attached hydrogens (tertiary/aromatic N) is 1. The number of hydrogen-bond donors (Lipinski definition) is 2. The molecule has 0 aliphatic carbocycles. The van der Waals surface area contributed by atoms with Crippen molar-refractivity contribution in [3.8, 4) is 5.75 Å². The number of primary amides is 1. The first-order chi connectivity index (χ1) is 8.19. The molecular weight excluding hydrogens is 220 g/mol. The number of para-hydroxylation sites is 1. The van der Waals surface area contributed by atoms with Crippen molar-refractivity contribution in [3.05, 3.63) is 29.8 Å². The largest absolute Gasteiger partial charge is 0.492 e. The molecule has 0 radical (unpaired) electrons. The highest BCUT2D eigenvalue weighted by molar-refractivity contribution is 6.02. The van der Waals surface area contributed by atoms with E-state index in [2.05, 4.69) is 5.16 Å². The predicted molar refractivity (Wildman–Crippen MR) is 64.4 cm³/mol. The fourth-order valence-corrected chi connectivity index (χ4v) is 1.41. The summed E-state index contributed by atoms with van der Waals surface area (Å²) in [6.07, 6.45) is 0.749. The molecule has 3 N–H and O–H groups in total. The summed E-state index contributed by atoms with van der Waals surface area (Å²) in [4.78, 5) is 10.6. The third-order valence-corrected chi connectivity index (χ3v) is 2.26. The Balaban J connectivity index is 2.81. The molecule has 0 aliphatic heterocycles. The predicted octanol–water partition coefficient (Wildman–Crippen LogP) is 1.53. The van der Waals surface area contributed by atoms with E-state index in [1.54, 1.807) is 12.1 Å². The zero-order valence-corrected chi connectivity index (χ0v) is 9.72. The molecule has 1 amide bonds. The maximum atomic E-state index is 10.6. The van der Waals surface area contributed by atoms with E-state index in [4.69, 9.17) is 15.7 Å². The Kier molecular flexibility index (Phi) is 5.00. The number of hydrogen-bond acceptors (Lipinski definition) is 4. The first-order valence-electron chi connectivity index (χ1n) is 5.40. The van der Waals surface area contributed by atoms with E-state index >= 15 is 0 Å². The molecule has 0 aliphatic rings. The van der Waals surface area contributed by atoms with Gasteiger partial charge in [-0.05, 0) is 18.6 Å². The van der Waals surface area contributed by atoms with E-state index in [1.807, 2.05) is 19.1 Å². The molecule has 0 saturated heterocycles. The fourth-order valence-electron chi connectivity index (χ4n) is 1.41. The van der Waals surface area contributed by atoms with Gasteiger partial charge < -0.3 is 15.7 Å². The number of benzene rings is 1. The van der Waals surface area contributed by atoms with Crippen LogP contribution in [0.3, 0.4) is 0 Å². The third-order valence-electron chi connectivity index (χ3n) is 2.26. The van der Waals surface area contributed by atoms with Crippen LogP contribution in [0.25, 0.3) is 0 Å². The van der Waals surface area contributed by atoms with Crippen LogP contribution in [0.1, 0.15) is 25.3 Å². The van der Waals surface area contributed by atoms with Crippen LogP contribution >= 0.6 is 0 Å². The number of carbonyl (C=O) groups is 1. The second kappa shape index (κ2) is 6.52. The molecule has 0 fully saturated rings. The Hall–Kier alpha value is -2.04. The van der Waals surface area contributed by atoms with E-state index in [9.17, 15) is 4.79 Å². The Morgan fingerprint density at radius 1 is 1.47 bits per heavy atom. The van der Waals surface area contributed by atoms with Gasteiger partial charge in [0, 0.05) is 5.56 Å². The zero-order chi connectivity index (χ0) is 12.7. The SMILES string of the molecule is CC/C(=N\O)c1ccccc1OCCC(N)=O. The molecule has 1 aromatic rings. The van der Waals surface area contributed by atoms with E-state index in [0.29, 0.717) is 17.9 Å². The first kappa shape index (κ1) is 13.0. The maximum Gasteiger partial charge on any atom is 0.220 e. The van der Waals surface area contributed by atoms with Crippen LogP contribution in [-0.2, 0) is 4.79 Å². The summed E-state index contributed by atoms with van der Waals surface area (Å²) in [6, 6.07) is 7.21. The van der Waals surface area contributed by atoms with Gasteiger partial charge in [0.15, 0.2) is 0 Å². The molecule has 92 valence electrons. The van der Waals surface area contributed by atoms with Gasteiger partial charge in [0.25, 0.3) is 0 Å². The molecule has 0 heterocycles. The number of ether oxygens (including phenoxy) is 1. The molecule has 0 atom stereocenters. The second-order valence-corrected chi connectivity index (χ2v) is 3.46. The number of carbonyl (C=O) groups excluding carboxylic acids is 1. The summed E-state index contributed by atoms with van der Waals surface area (Å²) in [5.41, 5.74) is 6.29. The molecule has 0 bridgehead atoms. The minimum Gasteiger partial charge on any atom is -0.492 e. The minimum absolute atomic E-state index is 0.159. The van der Waals surface area contributed by atoms with Crippen molar-refractivity contribution < 1.29 is 14.7 Å². The molecule has 1 rings (SSSR count). The highest BCUT2D eigenvalue weighted by atomic mass is 16.5. The van der Waals surface area contributed by atoms with E-state index in [1.165, 1.54) is 0 Å². The highest BCUT2D eigenvalue weighted by Gasteiger charge is 2.09. The van der Waals surface area contributed by atoms with Crippen LogP contribution < -0.4 is 10.5 Å². The third kappa shape index (κ3) is 3.79. The summed E-state index contributed by atoms with van der Waals surface area (Å²) >= 11 is 0. The van der Waals surface area contributed by atoms with Crippen molar-refractivity contribution in [1.82, 2.24) is 0 Å². The van der Waals surface area contributed by atoms with Gasteiger partial charge in [0.1, 0.15) is 5.75 Å². The topological polar surface area (TPSA) is 84.9 Å². The molecule has 0 unspecified atom stereocenters. The van der Waals surface area contributed by atoms with Crippen LogP contribution in [-0.4, -0.2) is 23.4 Å². The second-order valence-electron chi connectivity index (χ2n) is 3.46. The Morgan fingerprint density at radius 2 is 2.18 bits per heavy atom. The number of oxime groups is 1. The van der Waals surface area contributed by atoms with Gasteiger partial charge in [-0.25, -0.2) is 0 Å². The average Bonchev–Trinajstić information content (AvgIpc) is 2.32. The summed E-state index contributed by atoms with van der Waals surface area (Å²) < 4.78 is 5.44. The lowest BCUT2D eigenvalue weighted by Crippen LogP contribution is -2.15. The van der Waals surface area contributed by atoms with Crippen molar-refractivity contribution in [2.24, 2.45) is 10.9 Å². The van der Waals surface area contributed by atoms with Crippen molar-refractivity contribution >= 4 is 11.6 Å². The fraction of sp³-hybridized carbons (Fsp3) is 0.333. The molecule has 0 spiro atoms. The highest BCUT2D eigenvalue weighted by Crippen LogP contribution is 2.20. The molecule has 5 nitrogen and oxygen atoms in total. The van der Waals surface area contributed by atoms with Crippen molar-refractivity contribution in [2.45, 2.75) is 19.8 Å². The summed E-state index contributed by atoms with van der Waals surface area (Å²) in [5, 5.41) is 12.1. The Bertz CT molecular complexity index is 416. The average molecular weight is 236 g/mol. The molecule has 0 aromatic heterocycles. The van der Waals surface area contributed by atoms with E-state index in [0.717, 1.165) is 5.56 Å². The summed E-state index contributed by atoms with van der Waals surface area (Å²) in [7, 11) is 0. The molecule has 1 aromatic carbocycles. The van der Waals surface area contributed by atoms with Gasteiger partial charge in [-0.1, -0.05) is 24.2 Å². The van der Waals surface area contributed by atoms with Crippen LogP contribution in [0, 0.1) is 0 Å². The monoisotopic (exact) mass is 236 g/mol. The van der Waals surface area contributed by atoms with Gasteiger partial charge >= 0.3 is 0 Å². The molecule has 17 heavy (non-hydrogen) atoms. The number of nitrogens with two attached hydrogens (primary N) is 1. The van der Waals surface area contributed by atoms with Gasteiger partial charge in [0.05, 0.1) is 18.7 Å². The van der Waals surface area contributed by atoms with Crippen molar-refractivity contribution in [3.63, 3.8) is 0 Å². The molecule has 0 saturated carbocycles. The summed E-state index contributed by atoms with van der Waals surface area (Å²) in [6.45, 7) is 2.10. The van der Waals surface area contributed by atoms with E-state index < -0.39 is 5.91 Å². The van der Waals surface area contributed by atoms with Gasteiger partial charge in [0.2, 0.25) is 5.91 Å². The lowest BCUT2D eigenvalue weighted by Gasteiger charge is -2.10. The van der Waals surface area contributed by atoms with Gasteiger partial charge in [-0.15, -0.1) is 0 Å². The summed E-state index contributed by atoms with van der Waals surface area (Å²) in [5.74, 6) is 0.178. The van der Waals surface area contributed by atoms with Crippen molar-refractivity contribution in [1.29, 1.82) is 0 Å². The van der Waals surface area contributed by atoms with Crippen LogP contribution in [0.2, 0.25) is 0 Å². The van der Waals surface area contributed by atoms with Crippen molar-refractivity contribution in [2.75, 3.05) is 6.61 Å². The zero-order valence-electron chi connectivity index (χ0n) is 9.72. The number of amides is 1. The molecule has 5 heteroatoms. The Morgan fingerprint density at radius 3 is 2.76 bits per heavy atom. The van der Waals surface area contributed by atoms with Crippen LogP contribution in [0.4, 0.5) is 0 Å². The lowest BCUT2D eigenvalue weighted by molar-refractivity contribution is -0.118. The lowest BCUT2D eigenvalue weighted by atomic mass is 10.1. The standard InChI is InChI=1S/C12H16N2O3/c1-2-10(14-16)9-5-3-4-6-11(9)17-8-7-12(13)15/h3-6,16H,2,7-8H2,1H3,(H2,13,15)/b14-10+. The van der Waals surface area contributed by atoms with Crippen LogP contribution in [0.5, 0.6) is 5.75 Å². The first-order valence-corrected chi connectivity index (χ1v) is 5.40. The van der Waals surface area contributed by atoms with Gasteiger partial charge in [-0.3, -0.25) is 4.79 Å². The number of rotatable bonds is 6. The quantitative estimate of drug-likeness (QED) is 0.446. The normalized spacial score (nSPS) is 11.2. The Labute approximate surface area is 99.9 Å². The van der Waals surface area contributed by atoms with Crippen LogP contribution in [0.15, 0.2) is 29.4 Å².